The van der Waals surface area contributed by atoms with Gasteiger partial charge < -0.3 is 14.4 Å². The van der Waals surface area contributed by atoms with Crippen LogP contribution in [0.1, 0.15) is 5.56 Å². The summed E-state index contributed by atoms with van der Waals surface area (Å²) >= 11 is 0. The summed E-state index contributed by atoms with van der Waals surface area (Å²) in [5.74, 6) is 0.314. The lowest BCUT2D eigenvalue weighted by atomic mass is 10.1. The Hall–Kier alpha value is -3.55. The van der Waals surface area contributed by atoms with Crippen molar-refractivity contribution in [3.63, 3.8) is 0 Å². The summed E-state index contributed by atoms with van der Waals surface area (Å²) in [6.07, 6.45) is 2.42. The van der Waals surface area contributed by atoms with E-state index < -0.39 is 6.09 Å². The maximum atomic E-state index is 13.8. The van der Waals surface area contributed by atoms with Gasteiger partial charge in [0, 0.05) is 29.0 Å². The molecule has 28 heavy (non-hydrogen) atoms. The number of amides is 1. The maximum absolute atomic E-state index is 13.8. The van der Waals surface area contributed by atoms with Crippen LogP contribution in [-0.2, 0) is 0 Å². The Morgan fingerprint density at radius 1 is 1.18 bits per heavy atom. The van der Waals surface area contributed by atoms with Crippen LogP contribution >= 0.6 is 0 Å². The van der Waals surface area contributed by atoms with E-state index in [2.05, 4.69) is 15.2 Å². The SMILES string of the molecule is Cc1ccnnc1OC(=O)N1CC(Oc2ccc(-c3ccccc3F)cn2)C1. The van der Waals surface area contributed by atoms with Crippen LogP contribution in [0.5, 0.6) is 11.8 Å². The number of aryl methyl sites for hydroxylation is 1. The van der Waals surface area contributed by atoms with Crippen LogP contribution in [0, 0.1) is 12.7 Å². The lowest BCUT2D eigenvalue weighted by molar-refractivity contribution is 0.0252. The lowest BCUT2D eigenvalue weighted by Gasteiger charge is -2.37. The van der Waals surface area contributed by atoms with Gasteiger partial charge in [-0.05, 0) is 25.1 Å². The van der Waals surface area contributed by atoms with E-state index in [1.54, 1.807) is 49.5 Å². The summed E-state index contributed by atoms with van der Waals surface area (Å²) in [6, 6.07) is 11.7. The minimum absolute atomic E-state index is 0.178. The van der Waals surface area contributed by atoms with Crippen molar-refractivity contribution in [2.24, 2.45) is 0 Å². The van der Waals surface area contributed by atoms with Gasteiger partial charge in [-0.25, -0.2) is 14.2 Å². The molecule has 1 amide bonds. The van der Waals surface area contributed by atoms with Crippen molar-refractivity contribution in [1.82, 2.24) is 20.1 Å². The van der Waals surface area contributed by atoms with Gasteiger partial charge in [0.1, 0.15) is 11.9 Å². The van der Waals surface area contributed by atoms with Gasteiger partial charge in [-0.15, -0.1) is 5.10 Å². The Labute approximate surface area is 160 Å². The molecule has 1 saturated heterocycles. The summed E-state index contributed by atoms with van der Waals surface area (Å²) in [4.78, 5) is 17.8. The Bertz CT molecular complexity index is 991. The number of nitrogens with zero attached hydrogens (tertiary/aromatic N) is 4. The highest BCUT2D eigenvalue weighted by molar-refractivity contribution is 5.71. The quantitative estimate of drug-likeness (QED) is 0.692. The largest absolute Gasteiger partial charge is 0.471 e. The van der Waals surface area contributed by atoms with Gasteiger partial charge in [-0.2, -0.15) is 5.10 Å². The van der Waals surface area contributed by atoms with E-state index >= 15 is 0 Å². The highest BCUT2D eigenvalue weighted by atomic mass is 19.1. The molecule has 2 aromatic heterocycles. The molecule has 0 spiro atoms. The monoisotopic (exact) mass is 380 g/mol. The Morgan fingerprint density at radius 2 is 2.00 bits per heavy atom. The van der Waals surface area contributed by atoms with Gasteiger partial charge >= 0.3 is 6.09 Å². The van der Waals surface area contributed by atoms with Gasteiger partial charge in [-0.3, -0.25) is 0 Å². The molecular weight excluding hydrogens is 363 g/mol. The molecule has 7 nitrogen and oxygen atoms in total. The summed E-state index contributed by atoms with van der Waals surface area (Å²) in [5, 5.41) is 7.50. The van der Waals surface area contributed by atoms with Crippen LogP contribution in [0.25, 0.3) is 11.1 Å². The van der Waals surface area contributed by atoms with Crippen molar-refractivity contribution in [3.8, 4) is 22.9 Å². The molecule has 0 unspecified atom stereocenters. The smallest absolute Gasteiger partial charge is 0.416 e. The average Bonchev–Trinajstić information content (AvgIpc) is 2.67. The van der Waals surface area contributed by atoms with Crippen molar-refractivity contribution in [3.05, 3.63) is 66.2 Å². The number of benzene rings is 1. The Kier molecular flexibility index (Phi) is 4.84. The molecule has 0 bridgehead atoms. The number of hydrogen-bond acceptors (Lipinski definition) is 6. The van der Waals surface area contributed by atoms with Crippen molar-refractivity contribution in [2.45, 2.75) is 13.0 Å². The van der Waals surface area contributed by atoms with Crippen molar-refractivity contribution in [2.75, 3.05) is 13.1 Å². The standard InChI is InChI=1S/C20H17FN4O3/c1-13-8-9-23-24-19(13)28-20(26)25-11-15(12-25)27-18-7-6-14(10-22-18)16-4-2-3-5-17(16)21/h2-10,15H,11-12H2,1H3. The topological polar surface area (TPSA) is 77.4 Å². The molecule has 0 N–H and O–H groups in total. The zero-order valence-electron chi connectivity index (χ0n) is 15.1. The second-order valence-electron chi connectivity index (χ2n) is 6.40. The Morgan fingerprint density at radius 3 is 2.71 bits per heavy atom. The number of aromatic nitrogens is 3. The zero-order valence-corrected chi connectivity index (χ0v) is 15.1. The molecule has 3 aromatic rings. The van der Waals surface area contributed by atoms with E-state index in [1.165, 1.54) is 17.2 Å². The second-order valence-corrected chi connectivity index (χ2v) is 6.40. The van der Waals surface area contributed by atoms with E-state index in [0.717, 1.165) is 5.56 Å². The average molecular weight is 380 g/mol. The summed E-state index contributed by atoms with van der Waals surface area (Å²) in [7, 11) is 0. The summed E-state index contributed by atoms with van der Waals surface area (Å²) in [6.45, 7) is 2.56. The molecule has 142 valence electrons. The maximum Gasteiger partial charge on any atom is 0.416 e. The number of carbonyl (C=O) groups is 1. The highest BCUT2D eigenvalue weighted by Gasteiger charge is 2.34. The fourth-order valence-electron chi connectivity index (χ4n) is 2.77. The van der Waals surface area contributed by atoms with Crippen LogP contribution in [0.4, 0.5) is 9.18 Å². The molecule has 3 heterocycles. The molecule has 0 saturated carbocycles. The van der Waals surface area contributed by atoms with Crippen LogP contribution in [-0.4, -0.2) is 45.4 Å². The fourth-order valence-corrected chi connectivity index (χ4v) is 2.77. The second kappa shape index (κ2) is 7.59. The molecule has 8 heteroatoms. The predicted octanol–water partition coefficient (Wildman–Crippen LogP) is 3.25. The van der Waals surface area contributed by atoms with E-state index in [9.17, 15) is 9.18 Å². The minimum Gasteiger partial charge on any atom is -0.471 e. The number of likely N-dealkylation sites (tertiary alicyclic amines) is 1. The van der Waals surface area contributed by atoms with E-state index in [1.807, 2.05) is 0 Å². The van der Waals surface area contributed by atoms with Gasteiger partial charge in [0.25, 0.3) is 0 Å². The summed E-state index contributed by atoms with van der Waals surface area (Å²) in [5.41, 5.74) is 1.89. The molecule has 1 aliphatic heterocycles. The van der Waals surface area contributed by atoms with Crippen LogP contribution in [0.3, 0.4) is 0 Å². The third-order valence-corrected chi connectivity index (χ3v) is 4.38. The molecule has 4 rings (SSSR count). The van der Waals surface area contributed by atoms with E-state index in [0.29, 0.717) is 30.1 Å². The van der Waals surface area contributed by atoms with Crippen LogP contribution in [0.15, 0.2) is 54.9 Å². The number of ether oxygens (including phenoxy) is 2. The van der Waals surface area contributed by atoms with Crippen molar-refractivity contribution >= 4 is 6.09 Å². The molecule has 0 atom stereocenters. The molecular formula is C20H17FN4O3. The van der Waals surface area contributed by atoms with Gasteiger partial charge in [0.2, 0.25) is 11.8 Å². The molecule has 1 aromatic carbocycles. The van der Waals surface area contributed by atoms with Crippen molar-refractivity contribution < 1.29 is 18.7 Å². The molecule has 0 aliphatic carbocycles. The van der Waals surface area contributed by atoms with Crippen LogP contribution in [0.2, 0.25) is 0 Å². The lowest BCUT2D eigenvalue weighted by Crippen LogP contribution is -2.57. The first-order chi connectivity index (χ1) is 13.6. The number of rotatable bonds is 4. The first kappa shape index (κ1) is 17.8. The number of pyridine rings is 1. The third-order valence-electron chi connectivity index (χ3n) is 4.38. The van der Waals surface area contributed by atoms with Crippen molar-refractivity contribution in [1.29, 1.82) is 0 Å². The highest BCUT2D eigenvalue weighted by Crippen LogP contribution is 2.24. The molecule has 1 aliphatic rings. The number of halogens is 1. The minimum atomic E-state index is -0.494. The van der Waals surface area contributed by atoms with E-state index in [-0.39, 0.29) is 17.8 Å². The number of hydrogen-bond donors (Lipinski definition) is 0. The van der Waals surface area contributed by atoms with E-state index in [4.69, 9.17) is 9.47 Å². The van der Waals surface area contributed by atoms with Gasteiger partial charge in [-0.1, -0.05) is 18.2 Å². The summed E-state index contributed by atoms with van der Waals surface area (Å²) < 4.78 is 24.8. The fraction of sp³-hybridized carbons (Fsp3) is 0.200. The van der Waals surface area contributed by atoms with Gasteiger partial charge in [0.15, 0.2) is 0 Å². The predicted molar refractivity (Wildman–Crippen MR) is 98.4 cm³/mol. The first-order valence-corrected chi connectivity index (χ1v) is 8.73. The number of carbonyl (C=O) groups excluding carboxylic acids is 1. The Balaban J connectivity index is 1.30. The molecule has 0 radical (unpaired) electrons. The normalized spacial score (nSPS) is 13.7. The zero-order chi connectivity index (χ0) is 19.5. The van der Waals surface area contributed by atoms with Gasteiger partial charge in [0.05, 0.1) is 19.3 Å². The molecule has 1 fully saturated rings. The third kappa shape index (κ3) is 3.75. The van der Waals surface area contributed by atoms with Crippen LogP contribution < -0.4 is 9.47 Å². The first-order valence-electron chi connectivity index (χ1n) is 8.73.